The normalized spacial score (nSPS) is 11.4. The first kappa shape index (κ1) is 8.93. The van der Waals surface area contributed by atoms with E-state index >= 15 is 0 Å². The Hall–Kier alpha value is -0.650. The Kier molecular flexibility index (Phi) is 2.23. The highest BCUT2D eigenvalue weighted by Gasteiger charge is 2.03. The minimum atomic E-state index is 0.541. The number of nitrogens with zero attached hydrogens (tertiary/aromatic N) is 3. The summed E-state index contributed by atoms with van der Waals surface area (Å²) in [5.41, 5.74) is 2.23. The van der Waals surface area contributed by atoms with Crippen molar-refractivity contribution in [3.63, 3.8) is 0 Å². The molecule has 2 rings (SSSR count). The highest BCUT2D eigenvalue weighted by molar-refractivity contribution is 14.1. The van der Waals surface area contributed by atoms with Gasteiger partial charge in [-0.3, -0.25) is 0 Å². The molecule has 0 radical (unpaired) electrons. The van der Waals surface area contributed by atoms with Crippen LogP contribution >= 0.6 is 22.6 Å². The predicted octanol–water partition coefficient (Wildman–Crippen LogP) is 2.46. The third kappa shape index (κ3) is 1.67. The number of fused-ring (bicyclic) bond motifs is 1. The van der Waals surface area contributed by atoms with Crippen molar-refractivity contribution in [2.45, 2.75) is 19.8 Å². The fourth-order valence-electron chi connectivity index (χ4n) is 1.23. The summed E-state index contributed by atoms with van der Waals surface area (Å²) in [6.07, 6.45) is 1.96. The molecule has 68 valence electrons. The van der Waals surface area contributed by atoms with Gasteiger partial charge in [-0.05, 0) is 23.6 Å². The van der Waals surface area contributed by atoms with Crippen molar-refractivity contribution in [3.05, 3.63) is 27.7 Å². The van der Waals surface area contributed by atoms with Crippen molar-refractivity contribution in [1.29, 1.82) is 0 Å². The third-order valence-corrected chi connectivity index (χ3v) is 2.46. The number of hydrogen-bond donors (Lipinski definition) is 0. The van der Waals surface area contributed by atoms with Crippen molar-refractivity contribution in [2.75, 3.05) is 0 Å². The monoisotopic (exact) mass is 287 g/mol. The van der Waals surface area contributed by atoms with Crippen LogP contribution in [0, 0.1) is 3.83 Å². The van der Waals surface area contributed by atoms with Crippen LogP contribution in [0.5, 0.6) is 0 Å². The standard InChI is InChI=1S/C9H10IN3/c1-6(2)7-3-4-13-8(5-7)11-9(10)12-13/h3-6H,1-2H3. The molecule has 0 aliphatic heterocycles. The van der Waals surface area contributed by atoms with Crippen LogP contribution in [-0.2, 0) is 0 Å². The molecule has 0 aliphatic rings. The molecule has 2 aromatic heterocycles. The van der Waals surface area contributed by atoms with E-state index in [0.29, 0.717) is 5.92 Å². The Morgan fingerprint density at radius 3 is 2.92 bits per heavy atom. The van der Waals surface area contributed by atoms with Crippen molar-refractivity contribution in [3.8, 4) is 0 Å². The molecular weight excluding hydrogens is 277 g/mol. The first-order valence-electron chi connectivity index (χ1n) is 4.18. The van der Waals surface area contributed by atoms with E-state index in [-0.39, 0.29) is 0 Å². The SMILES string of the molecule is CC(C)c1ccn2nc(I)nc2c1. The maximum Gasteiger partial charge on any atom is 0.212 e. The number of rotatable bonds is 1. The topological polar surface area (TPSA) is 30.2 Å². The van der Waals surface area contributed by atoms with Crippen LogP contribution in [0.3, 0.4) is 0 Å². The number of pyridine rings is 1. The van der Waals surface area contributed by atoms with E-state index in [2.05, 4.69) is 58.7 Å². The molecular formula is C9H10IN3. The Morgan fingerprint density at radius 2 is 2.23 bits per heavy atom. The molecule has 0 saturated carbocycles. The van der Waals surface area contributed by atoms with Crippen LogP contribution < -0.4 is 0 Å². The molecule has 3 nitrogen and oxygen atoms in total. The first-order chi connectivity index (χ1) is 6.16. The van der Waals surface area contributed by atoms with Gasteiger partial charge in [-0.15, -0.1) is 5.10 Å². The van der Waals surface area contributed by atoms with Crippen molar-refractivity contribution in [1.82, 2.24) is 14.6 Å². The molecule has 0 bridgehead atoms. The van der Waals surface area contributed by atoms with Gasteiger partial charge in [-0.1, -0.05) is 13.8 Å². The number of halogens is 1. The minimum Gasteiger partial charge on any atom is -0.220 e. The maximum absolute atomic E-state index is 4.29. The third-order valence-electron chi connectivity index (χ3n) is 2.00. The zero-order chi connectivity index (χ0) is 9.42. The van der Waals surface area contributed by atoms with Gasteiger partial charge in [0.1, 0.15) is 0 Å². The molecule has 2 heterocycles. The summed E-state index contributed by atoms with van der Waals surface area (Å²) in [6, 6.07) is 4.17. The van der Waals surface area contributed by atoms with Crippen molar-refractivity contribution >= 4 is 28.2 Å². The summed E-state index contributed by atoms with van der Waals surface area (Å²) in [5, 5.41) is 4.21. The average Bonchev–Trinajstić information content (AvgIpc) is 2.42. The van der Waals surface area contributed by atoms with Crippen molar-refractivity contribution < 1.29 is 0 Å². The highest BCUT2D eigenvalue weighted by Crippen LogP contribution is 2.15. The van der Waals surface area contributed by atoms with Crippen LogP contribution in [0.15, 0.2) is 18.3 Å². The summed E-state index contributed by atoms with van der Waals surface area (Å²) in [4.78, 5) is 4.29. The molecule has 4 heteroatoms. The molecule has 0 saturated heterocycles. The molecule has 0 fully saturated rings. The van der Waals surface area contributed by atoms with Gasteiger partial charge in [-0.2, -0.15) is 0 Å². The summed E-state index contributed by atoms with van der Waals surface area (Å²) in [6.45, 7) is 4.35. The van der Waals surface area contributed by atoms with Crippen LogP contribution in [0.25, 0.3) is 5.65 Å². The van der Waals surface area contributed by atoms with Crippen molar-refractivity contribution in [2.24, 2.45) is 0 Å². The van der Waals surface area contributed by atoms with Gasteiger partial charge in [0.2, 0.25) is 3.83 Å². The van der Waals surface area contributed by atoms with Gasteiger partial charge in [0.15, 0.2) is 5.65 Å². The predicted molar refractivity (Wildman–Crippen MR) is 59.8 cm³/mol. The fraction of sp³-hybridized carbons (Fsp3) is 0.333. The molecule has 2 aromatic rings. The van der Waals surface area contributed by atoms with Crippen LogP contribution in [0.4, 0.5) is 0 Å². The molecule has 0 aliphatic carbocycles. The summed E-state index contributed by atoms with van der Waals surface area (Å²) >= 11 is 2.12. The molecule has 13 heavy (non-hydrogen) atoms. The smallest absolute Gasteiger partial charge is 0.212 e. The van der Waals surface area contributed by atoms with E-state index in [9.17, 15) is 0 Å². The second kappa shape index (κ2) is 3.25. The molecule has 0 amide bonds. The van der Waals surface area contributed by atoms with Gasteiger partial charge in [0.25, 0.3) is 0 Å². The van der Waals surface area contributed by atoms with Crippen LogP contribution in [-0.4, -0.2) is 14.6 Å². The summed E-state index contributed by atoms with van der Waals surface area (Å²) in [5.74, 6) is 0.541. The van der Waals surface area contributed by atoms with Crippen LogP contribution in [0.1, 0.15) is 25.3 Å². The first-order valence-corrected chi connectivity index (χ1v) is 5.26. The largest absolute Gasteiger partial charge is 0.220 e. The molecule has 0 spiro atoms. The lowest BCUT2D eigenvalue weighted by atomic mass is 10.1. The summed E-state index contributed by atoms with van der Waals surface area (Å²) in [7, 11) is 0. The molecule has 0 atom stereocenters. The maximum atomic E-state index is 4.29. The highest BCUT2D eigenvalue weighted by atomic mass is 127. The zero-order valence-electron chi connectivity index (χ0n) is 7.53. The number of aromatic nitrogens is 3. The van der Waals surface area contributed by atoms with Gasteiger partial charge < -0.3 is 0 Å². The Morgan fingerprint density at radius 1 is 1.46 bits per heavy atom. The Bertz CT molecular complexity index is 433. The van der Waals surface area contributed by atoms with Gasteiger partial charge in [0, 0.05) is 28.8 Å². The average molecular weight is 287 g/mol. The van der Waals surface area contributed by atoms with Gasteiger partial charge in [-0.25, -0.2) is 9.50 Å². The van der Waals surface area contributed by atoms with Gasteiger partial charge in [0.05, 0.1) is 0 Å². The van der Waals surface area contributed by atoms with E-state index in [4.69, 9.17) is 0 Å². The van der Waals surface area contributed by atoms with Crippen LogP contribution in [0.2, 0.25) is 0 Å². The van der Waals surface area contributed by atoms with E-state index < -0.39 is 0 Å². The summed E-state index contributed by atoms with van der Waals surface area (Å²) < 4.78 is 2.59. The fourth-order valence-corrected chi connectivity index (χ4v) is 1.71. The van der Waals surface area contributed by atoms with E-state index in [1.165, 1.54) is 5.56 Å². The second-order valence-corrected chi connectivity index (χ2v) is 4.26. The lowest BCUT2D eigenvalue weighted by Gasteiger charge is -2.03. The molecule has 0 aromatic carbocycles. The zero-order valence-corrected chi connectivity index (χ0v) is 9.69. The van der Waals surface area contributed by atoms with Gasteiger partial charge >= 0.3 is 0 Å². The molecule has 0 N–H and O–H groups in total. The lowest BCUT2D eigenvalue weighted by Crippen LogP contribution is -1.91. The van der Waals surface area contributed by atoms with E-state index in [0.717, 1.165) is 9.48 Å². The van der Waals surface area contributed by atoms with E-state index in [1.807, 2.05) is 6.20 Å². The van der Waals surface area contributed by atoms with E-state index in [1.54, 1.807) is 4.52 Å². The number of hydrogen-bond acceptors (Lipinski definition) is 2. The minimum absolute atomic E-state index is 0.541. The Labute approximate surface area is 90.3 Å². The second-order valence-electron chi connectivity index (χ2n) is 3.30. The molecule has 0 unspecified atom stereocenters. The Balaban J connectivity index is 2.61. The lowest BCUT2D eigenvalue weighted by molar-refractivity contribution is 0.854. The quantitative estimate of drug-likeness (QED) is 0.754.